The van der Waals surface area contributed by atoms with E-state index in [-0.39, 0.29) is 4.90 Å². The molecular formula is C16H21NO3S. The van der Waals surface area contributed by atoms with Crippen LogP contribution in [0, 0.1) is 23.2 Å². The van der Waals surface area contributed by atoms with E-state index in [1.165, 1.54) is 7.11 Å². The Morgan fingerprint density at radius 3 is 2.67 bits per heavy atom. The van der Waals surface area contributed by atoms with Crippen molar-refractivity contribution >= 4 is 9.84 Å². The summed E-state index contributed by atoms with van der Waals surface area (Å²) in [5, 5.41) is 8.68. The summed E-state index contributed by atoms with van der Waals surface area (Å²) in [7, 11) is -2.09. The molecule has 0 heterocycles. The van der Waals surface area contributed by atoms with Crippen LogP contribution in [0.2, 0.25) is 0 Å². The van der Waals surface area contributed by atoms with Crippen LogP contribution in [-0.4, -0.2) is 20.8 Å². The van der Waals surface area contributed by atoms with Gasteiger partial charge in [0.2, 0.25) is 0 Å². The van der Waals surface area contributed by atoms with Gasteiger partial charge in [0.1, 0.15) is 10.6 Å². The van der Waals surface area contributed by atoms with Gasteiger partial charge in [0.25, 0.3) is 0 Å². The first-order valence-corrected chi connectivity index (χ1v) is 8.85. The van der Waals surface area contributed by atoms with Gasteiger partial charge in [-0.25, -0.2) is 8.42 Å². The fourth-order valence-electron chi connectivity index (χ4n) is 3.09. The molecule has 1 aliphatic rings. The topological polar surface area (TPSA) is 67.2 Å². The van der Waals surface area contributed by atoms with E-state index in [0.717, 1.165) is 12.8 Å². The molecule has 0 aromatic heterocycles. The van der Waals surface area contributed by atoms with Gasteiger partial charge in [0.05, 0.1) is 24.3 Å². The Balaban J connectivity index is 2.43. The zero-order chi connectivity index (χ0) is 15.5. The van der Waals surface area contributed by atoms with Gasteiger partial charge < -0.3 is 4.74 Å². The van der Waals surface area contributed by atoms with Gasteiger partial charge in [-0.3, -0.25) is 0 Å². The molecule has 0 saturated heterocycles. The predicted molar refractivity (Wildman–Crippen MR) is 80.7 cm³/mol. The zero-order valence-electron chi connectivity index (χ0n) is 12.5. The van der Waals surface area contributed by atoms with Crippen molar-refractivity contribution in [2.75, 3.05) is 7.11 Å². The summed E-state index contributed by atoms with van der Waals surface area (Å²) in [6.45, 7) is 2.07. The van der Waals surface area contributed by atoms with Gasteiger partial charge in [0.15, 0.2) is 9.84 Å². The molecule has 0 aliphatic heterocycles. The summed E-state index contributed by atoms with van der Waals surface area (Å²) in [5.74, 6) is 0.305. The van der Waals surface area contributed by atoms with Crippen LogP contribution in [0.15, 0.2) is 29.2 Å². The van der Waals surface area contributed by atoms with Crippen molar-refractivity contribution in [1.82, 2.24) is 0 Å². The lowest BCUT2D eigenvalue weighted by molar-refractivity contribution is 0.307. The van der Waals surface area contributed by atoms with E-state index in [1.54, 1.807) is 24.3 Å². The minimum Gasteiger partial charge on any atom is -0.495 e. The first kappa shape index (κ1) is 15.8. The van der Waals surface area contributed by atoms with Crippen molar-refractivity contribution in [2.45, 2.75) is 42.8 Å². The SMILES string of the molecule is CCC1CCC(C#N)C(S(=O)(=O)c2ccccc2OC)C1. The summed E-state index contributed by atoms with van der Waals surface area (Å²) in [4.78, 5) is 0.203. The minimum absolute atomic E-state index is 0.203. The second kappa shape index (κ2) is 6.48. The molecule has 3 atom stereocenters. The van der Waals surface area contributed by atoms with Crippen molar-refractivity contribution in [3.63, 3.8) is 0 Å². The second-order valence-corrected chi connectivity index (χ2v) is 7.69. The van der Waals surface area contributed by atoms with Gasteiger partial charge in [-0.15, -0.1) is 0 Å². The molecule has 1 aromatic carbocycles. The highest BCUT2D eigenvalue weighted by atomic mass is 32.2. The standard InChI is InChI=1S/C16H21NO3S/c1-3-12-8-9-13(11-17)16(10-12)21(18,19)15-7-5-4-6-14(15)20-2/h4-7,12-13,16H,3,8-10H2,1-2H3. The normalized spacial score (nSPS) is 26.0. The number of ether oxygens (including phenoxy) is 1. The Kier molecular flexibility index (Phi) is 4.89. The van der Waals surface area contributed by atoms with Crippen molar-refractivity contribution < 1.29 is 13.2 Å². The molecule has 5 heteroatoms. The summed E-state index contributed by atoms with van der Waals surface area (Å²) in [5.41, 5.74) is 0. The molecule has 0 spiro atoms. The van der Waals surface area contributed by atoms with E-state index in [2.05, 4.69) is 13.0 Å². The van der Waals surface area contributed by atoms with Gasteiger partial charge in [-0.05, 0) is 37.3 Å². The Hall–Kier alpha value is -1.54. The van der Waals surface area contributed by atoms with Gasteiger partial charge >= 0.3 is 0 Å². The van der Waals surface area contributed by atoms with E-state index in [9.17, 15) is 13.7 Å². The molecule has 1 aromatic rings. The molecule has 0 radical (unpaired) electrons. The fourth-order valence-corrected chi connectivity index (χ4v) is 5.27. The van der Waals surface area contributed by atoms with Crippen LogP contribution in [0.4, 0.5) is 0 Å². The Labute approximate surface area is 126 Å². The molecule has 0 bridgehead atoms. The average molecular weight is 307 g/mol. The summed E-state index contributed by atoms with van der Waals surface area (Å²) >= 11 is 0. The van der Waals surface area contributed by atoms with Gasteiger partial charge in [-0.1, -0.05) is 25.5 Å². The third-order valence-corrected chi connectivity index (χ3v) is 6.69. The average Bonchev–Trinajstić information content (AvgIpc) is 2.54. The van der Waals surface area contributed by atoms with Crippen LogP contribution in [0.5, 0.6) is 5.75 Å². The highest BCUT2D eigenvalue weighted by Gasteiger charge is 2.40. The molecule has 4 nitrogen and oxygen atoms in total. The predicted octanol–water partition coefficient (Wildman–Crippen LogP) is 3.19. The van der Waals surface area contributed by atoms with Crippen LogP contribution in [-0.2, 0) is 9.84 Å². The fraction of sp³-hybridized carbons (Fsp3) is 0.562. The molecule has 1 aliphatic carbocycles. The zero-order valence-corrected chi connectivity index (χ0v) is 13.3. The molecule has 1 fully saturated rings. The van der Waals surface area contributed by atoms with Crippen LogP contribution in [0.3, 0.4) is 0 Å². The Morgan fingerprint density at radius 2 is 2.05 bits per heavy atom. The lowest BCUT2D eigenvalue weighted by atomic mass is 9.81. The minimum atomic E-state index is -3.56. The number of benzene rings is 1. The molecule has 3 unspecified atom stereocenters. The van der Waals surface area contributed by atoms with Crippen molar-refractivity contribution in [1.29, 1.82) is 5.26 Å². The maximum Gasteiger partial charge on any atom is 0.186 e. The quantitative estimate of drug-likeness (QED) is 0.856. The number of hydrogen-bond acceptors (Lipinski definition) is 4. The smallest absolute Gasteiger partial charge is 0.186 e. The summed E-state index contributed by atoms with van der Waals surface area (Å²) < 4.78 is 31.1. The number of nitrogens with zero attached hydrogens (tertiary/aromatic N) is 1. The number of para-hydroxylation sites is 1. The summed E-state index contributed by atoms with van der Waals surface area (Å²) in [6.07, 6.45) is 3.12. The molecule has 0 amide bonds. The maximum atomic E-state index is 13.0. The number of nitriles is 1. The Bertz CT molecular complexity index is 633. The maximum absolute atomic E-state index is 13.0. The monoisotopic (exact) mass is 307 g/mol. The van der Waals surface area contributed by atoms with Gasteiger partial charge in [-0.2, -0.15) is 5.26 Å². The largest absolute Gasteiger partial charge is 0.495 e. The van der Waals surface area contributed by atoms with Crippen LogP contribution in [0.1, 0.15) is 32.6 Å². The molecule has 21 heavy (non-hydrogen) atoms. The number of hydrogen-bond donors (Lipinski definition) is 0. The van der Waals surface area contributed by atoms with E-state index in [0.29, 0.717) is 24.5 Å². The molecule has 0 N–H and O–H groups in total. The highest BCUT2D eigenvalue weighted by Crippen LogP contribution is 2.39. The van der Waals surface area contributed by atoms with Crippen molar-refractivity contribution in [3.8, 4) is 11.8 Å². The number of sulfone groups is 1. The lowest BCUT2D eigenvalue weighted by Gasteiger charge is -2.32. The van der Waals surface area contributed by atoms with E-state index in [1.807, 2.05) is 0 Å². The first-order chi connectivity index (χ1) is 10.0. The Morgan fingerprint density at radius 1 is 1.33 bits per heavy atom. The molecule has 1 saturated carbocycles. The molecular weight excluding hydrogens is 286 g/mol. The number of methoxy groups -OCH3 is 1. The van der Waals surface area contributed by atoms with Gasteiger partial charge in [0, 0.05) is 0 Å². The van der Waals surface area contributed by atoms with E-state index < -0.39 is 21.0 Å². The number of rotatable bonds is 4. The molecule has 114 valence electrons. The third-order valence-electron chi connectivity index (χ3n) is 4.42. The first-order valence-electron chi connectivity index (χ1n) is 7.31. The van der Waals surface area contributed by atoms with E-state index in [4.69, 9.17) is 4.74 Å². The van der Waals surface area contributed by atoms with Crippen molar-refractivity contribution in [2.24, 2.45) is 11.8 Å². The van der Waals surface area contributed by atoms with Crippen LogP contribution >= 0.6 is 0 Å². The van der Waals surface area contributed by atoms with Crippen LogP contribution in [0.25, 0.3) is 0 Å². The van der Waals surface area contributed by atoms with Crippen LogP contribution < -0.4 is 4.74 Å². The summed E-state index contributed by atoms with van der Waals surface area (Å²) in [6, 6.07) is 8.84. The van der Waals surface area contributed by atoms with Crippen molar-refractivity contribution in [3.05, 3.63) is 24.3 Å². The molecule has 2 rings (SSSR count). The lowest BCUT2D eigenvalue weighted by Crippen LogP contribution is -2.35. The highest BCUT2D eigenvalue weighted by molar-refractivity contribution is 7.92. The third kappa shape index (κ3) is 3.06. The second-order valence-electron chi connectivity index (χ2n) is 5.56. The van der Waals surface area contributed by atoms with E-state index >= 15 is 0 Å².